The van der Waals surface area contributed by atoms with Gasteiger partial charge >= 0.3 is 0 Å². The molecule has 1 aromatic carbocycles. The Morgan fingerprint density at radius 1 is 0.792 bits per heavy atom. The highest BCUT2D eigenvalue weighted by molar-refractivity contribution is 5.30. The van der Waals surface area contributed by atoms with Gasteiger partial charge in [-0.25, -0.2) is 4.39 Å². The first kappa shape index (κ1) is 18.4. The Labute approximate surface area is 145 Å². The lowest BCUT2D eigenvalue weighted by Crippen LogP contribution is -1.92. The van der Waals surface area contributed by atoms with E-state index in [1.54, 1.807) is 18.3 Å². The zero-order valence-electron chi connectivity index (χ0n) is 14.6. The van der Waals surface area contributed by atoms with Crippen LogP contribution in [-0.2, 0) is 6.42 Å². The van der Waals surface area contributed by atoms with Gasteiger partial charge < -0.3 is 4.74 Å². The number of pyridine rings is 1. The molecule has 0 N–H and O–H groups in total. The Balaban J connectivity index is 1.64. The van der Waals surface area contributed by atoms with Crippen LogP contribution in [0.25, 0.3) is 0 Å². The molecule has 0 saturated carbocycles. The van der Waals surface area contributed by atoms with Crippen molar-refractivity contribution in [1.29, 1.82) is 0 Å². The molecule has 24 heavy (non-hydrogen) atoms. The van der Waals surface area contributed by atoms with Crippen molar-refractivity contribution in [1.82, 2.24) is 4.98 Å². The Morgan fingerprint density at radius 2 is 1.42 bits per heavy atom. The summed E-state index contributed by atoms with van der Waals surface area (Å²) in [5, 5.41) is 0. The van der Waals surface area contributed by atoms with Crippen LogP contribution in [-0.4, -0.2) is 4.98 Å². The lowest BCUT2D eigenvalue weighted by Gasteiger charge is -2.06. The molecule has 0 radical (unpaired) electrons. The standard InChI is InChI=1S/C21H28FNO/c1-2-3-4-5-6-7-8-9-10-19-13-16-21(17-23-19)24-20-14-11-18(22)12-15-20/h11-17H,2-10H2,1H3. The molecule has 0 atom stereocenters. The Hall–Kier alpha value is -1.90. The number of rotatable bonds is 11. The predicted molar refractivity (Wildman–Crippen MR) is 97.0 cm³/mol. The second-order valence-electron chi connectivity index (χ2n) is 6.27. The first-order valence-corrected chi connectivity index (χ1v) is 9.16. The summed E-state index contributed by atoms with van der Waals surface area (Å²) in [6, 6.07) is 9.95. The van der Waals surface area contributed by atoms with Crippen LogP contribution in [0.4, 0.5) is 4.39 Å². The lowest BCUT2D eigenvalue weighted by atomic mass is 10.1. The summed E-state index contributed by atoms with van der Waals surface area (Å²) in [5.74, 6) is 1.04. The average molecular weight is 329 g/mol. The maximum absolute atomic E-state index is 12.9. The van der Waals surface area contributed by atoms with E-state index in [1.165, 1.54) is 63.5 Å². The molecule has 0 aliphatic rings. The van der Waals surface area contributed by atoms with E-state index in [2.05, 4.69) is 11.9 Å². The molecule has 0 amide bonds. The van der Waals surface area contributed by atoms with E-state index in [1.807, 2.05) is 12.1 Å². The van der Waals surface area contributed by atoms with Gasteiger partial charge in [0.2, 0.25) is 0 Å². The number of hydrogen-bond acceptors (Lipinski definition) is 2. The number of aromatic nitrogens is 1. The number of hydrogen-bond donors (Lipinski definition) is 0. The van der Waals surface area contributed by atoms with E-state index in [9.17, 15) is 4.39 Å². The smallest absolute Gasteiger partial charge is 0.145 e. The molecule has 0 spiro atoms. The zero-order chi connectivity index (χ0) is 17.0. The average Bonchev–Trinajstić information content (AvgIpc) is 2.61. The number of halogens is 1. The van der Waals surface area contributed by atoms with Crippen molar-refractivity contribution in [2.24, 2.45) is 0 Å². The highest BCUT2D eigenvalue weighted by Gasteiger charge is 2.00. The molecular weight excluding hydrogens is 301 g/mol. The first-order chi connectivity index (χ1) is 11.8. The summed E-state index contributed by atoms with van der Waals surface area (Å²) < 4.78 is 18.5. The molecule has 2 nitrogen and oxygen atoms in total. The molecule has 0 unspecified atom stereocenters. The van der Waals surface area contributed by atoms with E-state index in [0.29, 0.717) is 11.5 Å². The summed E-state index contributed by atoms with van der Waals surface area (Å²) in [5.41, 5.74) is 1.10. The fourth-order valence-electron chi connectivity index (χ4n) is 2.70. The van der Waals surface area contributed by atoms with Crippen LogP contribution >= 0.6 is 0 Å². The summed E-state index contributed by atoms with van der Waals surface area (Å²) in [6.07, 6.45) is 13.4. The molecule has 2 rings (SSSR count). The molecule has 1 aromatic heterocycles. The minimum Gasteiger partial charge on any atom is -0.456 e. The number of unbranched alkanes of at least 4 members (excludes halogenated alkanes) is 7. The van der Waals surface area contributed by atoms with E-state index in [4.69, 9.17) is 4.74 Å². The quantitative estimate of drug-likeness (QED) is 0.428. The molecule has 130 valence electrons. The molecule has 0 bridgehead atoms. The zero-order valence-corrected chi connectivity index (χ0v) is 14.6. The number of aryl methyl sites for hydroxylation is 1. The molecule has 0 aliphatic carbocycles. The van der Waals surface area contributed by atoms with Gasteiger partial charge in [0.15, 0.2) is 0 Å². The fourth-order valence-corrected chi connectivity index (χ4v) is 2.70. The fraction of sp³-hybridized carbons (Fsp3) is 0.476. The van der Waals surface area contributed by atoms with Gasteiger partial charge in [-0.3, -0.25) is 4.98 Å². The molecule has 2 aromatic rings. The van der Waals surface area contributed by atoms with Crippen LogP contribution < -0.4 is 4.74 Å². The second-order valence-corrected chi connectivity index (χ2v) is 6.27. The molecule has 0 saturated heterocycles. The van der Waals surface area contributed by atoms with Gasteiger partial charge in [-0.1, -0.05) is 51.9 Å². The third-order valence-corrected chi connectivity index (χ3v) is 4.13. The van der Waals surface area contributed by atoms with Crippen LogP contribution in [0.2, 0.25) is 0 Å². The third-order valence-electron chi connectivity index (χ3n) is 4.13. The SMILES string of the molecule is CCCCCCCCCCc1ccc(Oc2ccc(F)cc2)cn1. The van der Waals surface area contributed by atoms with Crippen LogP contribution in [0.3, 0.4) is 0 Å². The Bertz CT molecular complexity index is 565. The molecular formula is C21H28FNO. The summed E-state index contributed by atoms with van der Waals surface area (Å²) in [6.45, 7) is 2.25. The van der Waals surface area contributed by atoms with Gasteiger partial charge in [-0.05, 0) is 49.2 Å². The highest BCUT2D eigenvalue weighted by atomic mass is 19.1. The van der Waals surface area contributed by atoms with E-state index in [-0.39, 0.29) is 5.82 Å². The van der Waals surface area contributed by atoms with E-state index in [0.717, 1.165) is 12.1 Å². The summed E-state index contributed by atoms with van der Waals surface area (Å²) in [7, 11) is 0. The van der Waals surface area contributed by atoms with Gasteiger partial charge in [0.1, 0.15) is 17.3 Å². The van der Waals surface area contributed by atoms with Crippen molar-refractivity contribution >= 4 is 0 Å². The normalized spacial score (nSPS) is 10.8. The third kappa shape index (κ3) is 7.12. The van der Waals surface area contributed by atoms with Gasteiger partial charge in [0, 0.05) is 5.69 Å². The Morgan fingerprint density at radius 3 is 2.04 bits per heavy atom. The number of ether oxygens (including phenoxy) is 1. The van der Waals surface area contributed by atoms with Crippen molar-refractivity contribution in [2.45, 2.75) is 64.7 Å². The van der Waals surface area contributed by atoms with Crippen molar-refractivity contribution in [3.8, 4) is 11.5 Å². The van der Waals surface area contributed by atoms with Gasteiger partial charge in [-0.2, -0.15) is 0 Å². The topological polar surface area (TPSA) is 22.1 Å². The van der Waals surface area contributed by atoms with Gasteiger partial charge in [0.25, 0.3) is 0 Å². The second kappa shape index (κ2) is 10.8. The van der Waals surface area contributed by atoms with Crippen molar-refractivity contribution in [3.05, 3.63) is 54.1 Å². The van der Waals surface area contributed by atoms with Gasteiger partial charge in [-0.15, -0.1) is 0 Å². The van der Waals surface area contributed by atoms with Crippen molar-refractivity contribution < 1.29 is 9.13 Å². The maximum atomic E-state index is 12.9. The monoisotopic (exact) mass is 329 g/mol. The Kier molecular flexibility index (Phi) is 8.29. The molecule has 0 aliphatic heterocycles. The summed E-state index contributed by atoms with van der Waals surface area (Å²) in [4.78, 5) is 4.45. The van der Waals surface area contributed by atoms with Crippen LogP contribution in [0.15, 0.2) is 42.6 Å². The van der Waals surface area contributed by atoms with Gasteiger partial charge in [0.05, 0.1) is 6.20 Å². The minimum atomic E-state index is -0.263. The molecule has 0 fully saturated rings. The first-order valence-electron chi connectivity index (χ1n) is 9.16. The van der Waals surface area contributed by atoms with Crippen molar-refractivity contribution in [2.75, 3.05) is 0 Å². The predicted octanol–water partition coefficient (Wildman–Crippen LogP) is 6.70. The van der Waals surface area contributed by atoms with E-state index >= 15 is 0 Å². The van der Waals surface area contributed by atoms with Crippen molar-refractivity contribution in [3.63, 3.8) is 0 Å². The summed E-state index contributed by atoms with van der Waals surface area (Å²) >= 11 is 0. The van der Waals surface area contributed by atoms with E-state index < -0.39 is 0 Å². The van der Waals surface area contributed by atoms with Crippen LogP contribution in [0, 0.1) is 5.82 Å². The molecule has 1 heterocycles. The van der Waals surface area contributed by atoms with Crippen LogP contribution in [0.5, 0.6) is 11.5 Å². The number of nitrogens with zero attached hydrogens (tertiary/aromatic N) is 1. The number of benzene rings is 1. The minimum absolute atomic E-state index is 0.263. The molecule has 3 heteroatoms. The highest BCUT2D eigenvalue weighted by Crippen LogP contribution is 2.21. The maximum Gasteiger partial charge on any atom is 0.145 e. The lowest BCUT2D eigenvalue weighted by molar-refractivity contribution is 0.477. The largest absolute Gasteiger partial charge is 0.456 e. The van der Waals surface area contributed by atoms with Crippen LogP contribution in [0.1, 0.15) is 64.0 Å².